The lowest BCUT2D eigenvalue weighted by Crippen LogP contribution is -2.53. The normalized spacial score (nSPS) is 43.6. The molecule has 0 aliphatic heterocycles. The number of aliphatic hydroxyl groups is 4. The molecule has 0 bridgehead atoms. The first-order valence-corrected chi connectivity index (χ1v) is 33.9. The van der Waals surface area contributed by atoms with E-state index in [2.05, 4.69) is 85.1 Å². The minimum atomic E-state index is -0.271. The van der Waals surface area contributed by atoms with Gasteiger partial charge in [0, 0.05) is 49.9 Å². The van der Waals surface area contributed by atoms with Crippen LogP contribution < -0.4 is 9.47 Å². The van der Waals surface area contributed by atoms with Crippen molar-refractivity contribution in [3.8, 4) is 11.8 Å². The number of pyridine rings is 2. The highest BCUT2D eigenvalue weighted by Gasteiger charge is 2.60. The number of ether oxygens (including phenoxy) is 3. The number of hydrogen-bond acceptors (Lipinski definition) is 10. The van der Waals surface area contributed by atoms with Gasteiger partial charge in [-0.1, -0.05) is 117 Å². The van der Waals surface area contributed by atoms with Crippen molar-refractivity contribution in [2.75, 3.05) is 19.8 Å². The SMILES string of the molecule is C=C1CC[C@H]2[C@H](O)[C@@H]([C@@]3(C)CC[C@H](C)C[C@@H]3CCOc3ccccn3)CC[C@]12C.C=C1CC[C@H]2[C@H](O)[C@@H]([C@@]3(C)CC[C@H](O)C[C@@H]3CCOc3ccccn3)CC[C@]12C.C=C1CC[C@H]2[C@H](OC(C)=O)[C@@H]([C@@]3(C)CC[C@H](C)C[C@@H]3CCO)CC[C@]12C. The number of aromatic nitrogens is 2. The highest BCUT2D eigenvalue weighted by molar-refractivity contribution is 5.66. The lowest BCUT2D eigenvalue weighted by atomic mass is 9.51. The van der Waals surface area contributed by atoms with Gasteiger partial charge in [-0.2, -0.15) is 0 Å². The Hall–Kier alpha value is -3.57. The number of fused-ring (bicyclic) bond motifs is 3. The smallest absolute Gasteiger partial charge is 0.302 e. The topological polar surface area (TPSA) is 151 Å². The Morgan fingerprint density at radius 3 is 1.37 bits per heavy atom. The lowest BCUT2D eigenvalue weighted by molar-refractivity contribution is -0.172. The van der Waals surface area contributed by atoms with Crippen LogP contribution in [0.1, 0.15) is 216 Å². The second-order valence-electron chi connectivity index (χ2n) is 30.9. The molecule has 9 saturated carbocycles. The second-order valence-corrected chi connectivity index (χ2v) is 30.9. The summed E-state index contributed by atoms with van der Waals surface area (Å²) >= 11 is 0. The molecule has 2 aromatic rings. The highest BCUT2D eigenvalue weighted by Crippen LogP contribution is 2.65. The molecule has 2 heterocycles. The van der Waals surface area contributed by atoms with Crippen molar-refractivity contribution >= 4 is 5.97 Å². The van der Waals surface area contributed by atoms with E-state index in [1.54, 1.807) is 19.3 Å². The maximum absolute atomic E-state index is 12.0. The molecule has 2 aromatic heterocycles. The van der Waals surface area contributed by atoms with Crippen molar-refractivity contribution in [2.45, 2.75) is 241 Å². The van der Waals surface area contributed by atoms with Crippen LogP contribution >= 0.6 is 0 Å². The third kappa shape index (κ3) is 13.0. The predicted octanol–water partition coefficient (Wildman–Crippen LogP) is 15.9. The van der Waals surface area contributed by atoms with E-state index in [4.69, 9.17) is 14.2 Å². The third-order valence-electron chi connectivity index (χ3n) is 26.6. The summed E-state index contributed by atoms with van der Waals surface area (Å²) < 4.78 is 17.9. The van der Waals surface area contributed by atoms with Crippen molar-refractivity contribution in [3.05, 3.63) is 85.2 Å². The van der Waals surface area contributed by atoms with Gasteiger partial charge in [-0.25, -0.2) is 9.97 Å². The molecule has 0 unspecified atom stereocenters. The summed E-state index contributed by atoms with van der Waals surface area (Å²) in [6.45, 7) is 35.2. The van der Waals surface area contributed by atoms with E-state index in [9.17, 15) is 25.2 Å². The zero-order valence-electron chi connectivity index (χ0n) is 53.8. The van der Waals surface area contributed by atoms with E-state index in [0.717, 1.165) is 127 Å². The van der Waals surface area contributed by atoms with E-state index in [0.29, 0.717) is 72.4 Å². The molecule has 84 heavy (non-hydrogen) atoms. The molecule has 468 valence electrons. The Labute approximate surface area is 508 Å². The Bertz CT molecular complexity index is 2420. The standard InChI is InChI=1S/C26H39NO2.C25H37NO3.C23H38O3/c1-18-10-13-26(4,20(17-18)12-16-29-23-7-5-6-15-27-23)22-11-14-25(3)19(2)8-9-21(25)24(22)28;1-17-7-8-20-23(28)21(10-13-24(17,20)2)25(3)12-9-19(27)16-18(25)11-15-29-22-6-4-5-14-26-22;1-15-8-11-23(5,18(14-15)10-13-24)20-9-12-22(4)16(2)6-7-19(22)21(20)26-17(3)25/h5-7,15,18,20-22,24,28H,2,8-14,16-17H2,1,3-4H3;4-6,14,18-21,23,27-28H,1,7-13,15-16H2,2-3H3;15,18-21,24H,2,6-14H2,1,3-5H3/t18-,20-,21-,22-,24-,25+,26-;18-,19-,20-,21-,23-,24+,25-;15-,18-,19-,20-,21-,22+,23-/m000/s1. The van der Waals surface area contributed by atoms with Gasteiger partial charge in [0.05, 0.1) is 31.5 Å². The van der Waals surface area contributed by atoms with Gasteiger partial charge < -0.3 is 34.6 Å². The number of hydrogen-bond donors (Lipinski definition) is 4. The molecule has 10 nitrogen and oxygen atoms in total. The number of rotatable bonds is 14. The van der Waals surface area contributed by atoms with Gasteiger partial charge >= 0.3 is 5.97 Å². The quantitative estimate of drug-likeness (QED) is 0.106. The van der Waals surface area contributed by atoms with Crippen LogP contribution in [0.3, 0.4) is 0 Å². The fourth-order valence-electron chi connectivity index (χ4n) is 20.6. The van der Waals surface area contributed by atoms with Crippen LogP contribution in [0.2, 0.25) is 0 Å². The Kier molecular flexibility index (Phi) is 20.6. The Morgan fingerprint density at radius 2 is 0.929 bits per heavy atom. The average molecular weight is 1160 g/mol. The molecular weight excluding hydrogens is 1040 g/mol. The number of carbonyl (C=O) groups is 1. The van der Waals surface area contributed by atoms with Crippen LogP contribution in [0, 0.1) is 97.6 Å². The monoisotopic (exact) mass is 1160 g/mol. The van der Waals surface area contributed by atoms with Crippen molar-refractivity contribution in [3.63, 3.8) is 0 Å². The van der Waals surface area contributed by atoms with E-state index in [-0.39, 0.29) is 69.5 Å². The van der Waals surface area contributed by atoms with Gasteiger partial charge in [-0.05, 0) is 239 Å². The van der Waals surface area contributed by atoms with Gasteiger partial charge in [-0.15, -0.1) is 0 Å². The lowest BCUT2D eigenvalue weighted by Gasteiger charge is -2.56. The average Bonchev–Trinajstić information content (AvgIpc) is 1.90. The molecule has 11 rings (SSSR count). The molecule has 0 saturated heterocycles. The summed E-state index contributed by atoms with van der Waals surface area (Å²) in [4.78, 5) is 20.5. The molecule has 9 fully saturated rings. The van der Waals surface area contributed by atoms with E-state index in [1.165, 1.54) is 61.7 Å². The molecular formula is C74H114N2O8. The van der Waals surface area contributed by atoms with Gasteiger partial charge in [0.25, 0.3) is 0 Å². The maximum atomic E-state index is 12.0. The zero-order valence-corrected chi connectivity index (χ0v) is 53.8. The van der Waals surface area contributed by atoms with Crippen LogP contribution in [-0.4, -0.2) is 80.6 Å². The van der Waals surface area contributed by atoms with Crippen LogP contribution in [0.15, 0.2) is 85.2 Å². The summed E-state index contributed by atoms with van der Waals surface area (Å²) in [5, 5.41) is 43.1. The minimum absolute atomic E-state index is 0.00472. The van der Waals surface area contributed by atoms with E-state index >= 15 is 0 Å². The first kappa shape index (κ1) is 64.9. The predicted molar refractivity (Wildman–Crippen MR) is 337 cm³/mol. The molecule has 0 aromatic carbocycles. The number of allylic oxidation sites excluding steroid dienone is 3. The zero-order chi connectivity index (χ0) is 60.4. The van der Waals surface area contributed by atoms with Crippen LogP contribution in [0.5, 0.6) is 11.8 Å². The number of carbonyl (C=O) groups excluding carboxylic acids is 1. The van der Waals surface area contributed by atoms with Crippen molar-refractivity contribution in [1.29, 1.82) is 0 Å². The molecule has 21 atom stereocenters. The summed E-state index contributed by atoms with van der Waals surface area (Å²) in [5.41, 5.74) is 4.85. The summed E-state index contributed by atoms with van der Waals surface area (Å²) in [6, 6.07) is 11.5. The Balaban J connectivity index is 0.000000151. The summed E-state index contributed by atoms with van der Waals surface area (Å²) in [7, 11) is 0. The fraction of sp³-hybridized carbons (Fsp3) is 0.770. The van der Waals surface area contributed by atoms with Gasteiger partial charge in [0.1, 0.15) is 6.10 Å². The second kappa shape index (κ2) is 26.6. The number of aliphatic hydroxyl groups excluding tert-OH is 4. The molecule has 9 aliphatic rings. The number of nitrogens with zero attached hydrogens (tertiary/aromatic N) is 2. The molecule has 10 heteroatoms. The summed E-state index contributed by atoms with van der Waals surface area (Å²) in [5.74, 6) is 6.43. The summed E-state index contributed by atoms with van der Waals surface area (Å²) in [6.07, 6.45) is 29.0. The molecule has 0 spiro atoms. The maximum Gasteiger partial charge on any atom is 0.302 e. The minimum Gasteiger partial charge on any atom is -0.478 e. The van der Waals surface area contributed by atoms with Crippen molar-refractivity contribution in [1.82, 2.24) is 9.97 Å². The first-order valence-electron chi connectivity index (χ1n) is 33.9. The van der Waals surface area contributed by atoms with Crippen molar-refractivity contribution < 1.29 is 39.4 Å². The first-order chi connectivity index (χ1) is 39.9. The fourth-order valence-corrected chi connectivity index (χ4v) is 20.6. The Morgan fingerprint density at radius 1 is 0.524 bits per heavy atom. The van der Waals surface area contributed by atoms with E-state index < -0.39 is 0 Å². The highest BCUT2D eigenvalue weighted by atomic mass is 16.5. The number of esters is 1. The van der Waals surface area contributed by atoms with E-state index in [1.807, 2.05) is 36.4 Å². The molecule has 9 aliphatic carbocycles. The van der Waals surface area contributed by atoms with Crippen LogP contribution in [-0.2, 0) is 9.53 Å². The van der Waals surface area contributed by atoms with Gasteiger partial charge in [-0.3, -0.25) is 4.79 Å². The van der Waals surface area contributed by atoms with Crippen LogP contribution in [0.25, 0.3) is 0 Å². The van der Waals surface area contributed by atoms with Crippen molar-refractivity contribution in [2.24, 2.45) is 97.6 Å². The third-order valence-corrected chi connectivity index (χ3v) is 26.6. The molecule has 0 amide bonds. The molecule has 0 radical (unpaired) electrons. The molecule has 4 N–H and O–H groups in total. The van der Waals surface area contributed by atoms with Gasteiger partial charge in [0.2, 0.25) is 11.8 Å². The van der Waals surface area contributed by atoms with Gasteiger partial charge in [0.15, 0.2) is 0 Å². The van der Waals surface area contributed by atoms with Crippen LogP contribution in [0.4, 0.5) is 0 Å². The largest absolute Gasteiger partial charge is 0.478 e.